The van der Waals surface area contributed by atoms with Crippen molar-refractivity contribution in [2.45, 2.75) is 25.4 Å². The number of nitrogens with one attached hydrogen (secondary N) is 2. The lowest BCUT2D eigenvalue weighted by molar-refractivity contribution is -0.125. The number of rotatable bonds is 7. The highest BCUT2D eigenvalue weighted by Crippen LogP contribution is 2.24. The minimum absolute atomic E-state index is 0.0667. The van der Waals surface area contributed by atoms with Gasteiger partial charge in [0.25, 0.3) is 5.91 Å². The van der Waals surface area contributed by atoms with Gasteiger partial charge in [-0.25, -0.2) is 4.39 Å². The minimum atomic E-state index is -0.299. The van der Waals surface area contributed by atoms with E-state index >= 15 is 0 Å². The summed E-state index contributed by atoms with van der Waals surface area (Å²) in [4.78, 5) is 26.6. The van der Waals surface area contributed by atoms with Crippen LogP contribution in [0.15, 0.2) is 48.5 Å². The van der Waals surface area contributed by atoms with Crippen molar-refractivity contribution in [3.63, 3.8) is 0 Å². The molecular weight excluding hydrogens is 373 g/mol. The van der Waals surface area contributed by atoms with Crippen molar-refractivity contribution in [1.82, 2.24) is 10.6 Å². The summed E-state index contributed by atoms with van der Waals surface area (Å²) in [6.45, 7) is 1.90. The van der Waals surface area contributed by atoms with Gasteiger partial charge in [0, 0.05) is 38.5 Å². The van der Waals surface area contributed by atoms with Crippen LogP contribution < -0.4 is 15.5 Å². The van der Waals surface area contributed by atoms with Crippen molar-refractivity contribution in [3.8, 4) is 0 Å². The van der Waals surface area contributed by atoms with Crippen molar-refractivity contribution in [3.05, 3.63) is 65.5 Å². The number of nitrogens with zero attached hydrogens (tertiary/aromatic N) is 1. The summed E-state index contributed by atoms with van der Waals surface area (Å²) in [7, 11) is 1.50. The monoisotopic (exact) mass is 399 g/mol. The van der Waals surface area contributed by atoms with E-state index in [1.165, 1.54) is 19.2 Å². The second-order valence-corrected chi connectivity index (χ2v) is 7.09. The second-order valence-electron chi connectivity index (χ2n) is 7.09. The number of ether oxygens (including phenoxy) is 1. The van der Waals surface area contributed by atoms with Crippen LogP contribution in [0.25, 0.3) is 0 Å². The smallest absolute Gasteiger partial charge is 0.253 e. The molecule has 2 amide bonds. The van der Waals surface area contributed by atoms with Crippen LogP contribution in [-0.4, -0.2) is 44.7 Å². The zero-order valence-electron chi connectivity index (χ0n) is 16.5. The predicted molar refractivity (Wildman–Crippen MR) is 109 cm³/mol. The average Bonchev–Trinajstić information content (AvgIpc) is 2.74. The van der Waals surface area contributed by atoms with E-state index in [0.29, 0.717) is 12.1 Å². The zero-order chi connectivity index (χ0) is 20.6. The summed E-state index contributed by atoms with van der Waals surface area (Å²) in [6.07, 6.45) is 1.61. The number of halogens is 1. The molecule has 0 unspecified atom stereocenters. The third-order valence-corrected chi connectivity index (χ3v) is 4.99. The van der Waals surface area contributed by atoms with Gasteiger partial charge in [-0.1, -0.05) is 24.3 Å². The Morgan fingerprint density at radius 1 is 1.10 bits per heavy atom. The fourth-order valence-corrected chi connectivity index (χ4v) is 3.49. The highest BCUT2D eigenvalue weighted by atomic mass is 19.1. The molecule has 1 aliphatic rings. The van der Waals surface area contributed by atoms with Crippen LogP contribution in [0.2, 0.25) is 0 Å². The van der Waals surface area contributed by atoms with Gasteiger partial charge in [0.1, 0.15) is 12.4 Å². The molecule has 1 fully saturated rings. The Morgan fingerprint density at radius 3 is 2.48 bits per heavy atom. The van der Waals surface area contributed by atoms with Gasteiger partial charge < -0.3 is 20.3 Å². The number of carbonyl (C=O) groups is 2. The van der Waals surface area contributed by atoms with Crippen molar-refractivity contribution < 1.29 is 18.7 Å². The van der Waals surface area contributed by atoms with Gasteiger partial charge in [0.05, 0.1) is 5.56 Å². The largest absolute Gasteiger partial charge is 0.375 e. The molecule has 2 aromatic rings. The Hall–Kier alpha value is -2.93. The van der Waals surface area contributed by atoms with Gasteiger partial charge in [-0.05, 0) is 42.7 Å². The number of benzene rings is 2. The van der Waals surface area contributed by atoms with Crippen LogP contribution >= 0.6 is 0 Å². The summed E-state index contributed by atoms with van der Waals surface area (Å²) in [5.41, 5.74) is 2.33. The lowest BCUT2D eigenvalue weighted by atomic mass is 10.0. The molecule has 0 bridgehead atoms. The van der Waals surface area contributed by atoms with Crippen molar-refractivity contribution >= 4 is 17.5 Å². The van der Waals surface area contributed by atoms with E-state index in [-0.39, 0.29) is 30.3 Å². The number of anilines is 1. The normalized spacial score (nSPS) is 14.5. The summed E-state index contributed by atoms with van der Waals surface area (Å²) >= 11 is 0. The molecule has 0 aromatic heterocycles. The number of hydrogen-bond acceptors (Lipinski definition) is 4. The third kappa shape index (κ3) is 5.77. The maximum Gasteiger partial charge on any atom is 0.253 e. The standard InChI is InChI=1S/C22H26FN3O3/c1-29-15-21(27)25-18-10-12-26(13-11-18)20-5-3-2-4-19(20)22(28)24-14-16-6-8-17(23)9-7-16/h2-9,18H,10-15H2,1H3,(H,24,28)(H,25,27). The Kier molecular flexibility index (Phi) is 7.19. The van der Waals surface area contributed by atoms with Gasteiger partial charge in [0.15, 0.2) is 0 Å². The molecule has 2 N–H and O–H groups in total. The highest BCUT2D eigenvalue weighted by molar-refractivity contribution is 5.99. The number of hydrogen-bond donors (Lipinski definition) is 2. The van der Waals surface area contributed by atoms with Crippen LogP contribution in [0.3, 0.4) is 0 Å². The van der Waals surface area contributed by atoms with Gasteiger partial charge >= 0.3 is 0 Å². The van der Waals surface area contributed by atoms with Crippen LogP contribution in [-0.2, 0) is 16.1 Å². The topological polar surface area (TPSA) is 70.7 Å². The average molecular weight is 399 g/mol. The predicted octanol–water partition coefficient (Wildman–Crippen LogP) is 2.49. The molecule has 1 saturated heterocycles. The van der Waals surface area contributed by atoms with E-state index in [4.69, 9.17) is 4.74 Å². The van der Waals surface area contributed by atoms with Crippen molar-refractivity contribution in [1.29, 1.82) is 0 Å². The van der Waals surface area contributed by atoms with Gasteiger partial charge in [-0.2, -0.15) is 0 Å². The summed E-state index contributed by atoms with van der Waals surface area (Å²) in [6, 6.07) is 13.7. The fourth-order valence-electron chi connectivity index (χ4n) is 3.49. The Morgan fingerprint density at radius 2 is 1.79 bits per heavy atom. The molecule has 1 aliphatic heterocycles. The number of carbonyl (C=O) groups excluding carboxylic acids is 2. The molecule has 2 aromatic carbocycles. The highest BCUT2D eigenvalue weighted by Gasteiger charge is 2.23. The Balaban J connectivity index is 1.59. The SMILES string of the molecule is COCC(=O)NC1CCN(c2ccccc2C(=O)NCc2ccc(F)cc2)CC1. The van der Waals surface area contributed by atoms with Gasteiger partial charge in [0.2, 0.25) is 5.91 Å². The van der Waals surface area contributed by atoms with Gasteiger partial charge in [-0.15, -0.1) is 0 Å². The first kappa shape index (κ1) is 20.8. The molecule has 0 radical (unpaired) electrons. The molecule has 3 rings (SSSR count). The molecule has 0 aliphatic carbocycles. The molecule has 0 atom stereocenters. The number of para-hydroxylation sites is 1. The number of amides is 2. The van der Waals surface area contributed by atoms with E-state index in [2.05, 4.69) is 15.5 Å². The van der Waals surface area contributed by atoms with Crippen molar-refractivity contribution in [2.24, 2.45) is 0 Å². The van der Waals surface area contributed by atoms with Crippen LogP contribution in [0.1, 0.15) is 28.8 Å². The van der Waals surface area contributed by atoms with Crippen LogP contribution in [0.5, 0.6) is 0 Å². The minimum Gasteiger partial charge on any atom is -0.375 e. The summed E-state index contributed by atoms with van der Waals surface area (Å²) < 4.78 is 17.9. The van der Waals surface area contributed by atoms with E-state index in [0.717, 1.165) is 37.2 Å². The molecule has 0 saturated carbocycles. The molecular formula is C22H26FN3O3. The van der Waals surface area contributed by atoms with E-state index in [1.54, 1.807) is 12.1 Å². The van der Waals surface area contributed by atoms with Crippen LogP contribution in [0.4, 0.5) is 10.1 Å². The summed E-state index contributed by atoms with van der Waals surface area (Å²) in [5, 5.41) is 5.88. The second kappa shape index (κ2) is 10.0. The quantitative estimate of drug-likeness (QED) is 0.751. The van der Waals surface area contributed by atoms with Gasteiger partial charge in [-0.3, -0.25) is 9.59 Å². The fraction of sp³-hybridized carbons (Fsp3) is 0.364. The first-order valence-corrected chi connectivity index (χ1v) is 9.71. The van der Waals surface area contributed by atoms with E-state index in [1.807, 2.05) is 24.3 Å². The lowest BCUT2D eigenvalue weighted by Gasteiger charge is -2.34. The molecule has 29 heavy (non-hydrogen) atoms. The Labute approximate surface area is 170 Å². The first-order chi connectivity index (χ1) is 14.1. The molecule has 7 heteroatoms. The Bertz CT molecular complexity index is 833. The van der Waals surface area contributed by atoms with Crippen LogP contribution in [0, 0.1) is 5.82 Å². The maximum atomic E-state index is 13.0. The molecule has 154 valence electrons. The lowest BCUT2D eigenvalue weighted by Crippen LogP contribution is -2.46. The van der Waals surface area contributed by atoms with E-state index < -0.39 is 0 Å². The number of methoxy groups -OCH3 is 1. The van der Waals surface area contributed by atoms with E-state index in [9.17, 15) is 14.0 Å². The third-order valence-electron chi connectivity index (χ3n) is 4.99. The zero-order valence-corrected chi connectivity index (χ0v) is 16.5. The molecule has 0 spiro atoms. The van der Waals surface area contributed by atoms with Crippen molar-refractivity contribution in [2.75, 3.05) is 31.7 Å². The number of piperidine rings is 1. The maximum absolute atomic E-state index is 13.0. The summed E-state index contributed by atoms with van der Waals surface area (Å²) in [5.74, 6) is -0.570. The first-order valence-electron chi connectivity index (χ1n) is 9.71. The molecule has 6 nitrogen and oxygen atoms in total. The molecule has 1 heterocycles.